The van der Waals surface area contributed by atoms with Crippen LogP contribution in [0.5, 0.6) is 0 Å². The zero-order valence-corrected chi connectivity index (χ0v) is 20.1. The van der Waals surface area contributed by atoms with Crippen LogP contribution < -0.4 is 10.6 Å². The molecule has 0 aliphatic rings. The first-order chi connectivity index (χ1) is 16.0. The van der Waals surface area contributed by atoms with Crippen LogP contribution in [0.2, 0.25) is 0 Å². The fourth-order valence-electron chi connectivity index (χ4n) is 3.17. The Hall–Kier alpha value is -3.68. The van der Waals surface area contributed by atoms with Gasteiger partial charge < -0.3 is 20.8 Å². The van der Waals surface area contributed by atoms with Gasteiger partial charge in [0.25, 0.3) is 0 Å². The van der Waals surface area contributed by atoms with E-state index in [1.54, 1.807) is 24.3 Å². The second-order valence-corrected chi connectivity index (χ2v) is 8.20. The molecular weight excluding hydrogens is 436 g/mol. The number of rotatable bonds is 10. The molecule has 0 fully saturated rings. The minimum absolute atomic E-state index is 0.0292. The molecule has 8 heteroatoms. The van der Waals surface area contributed by atoms with Crippen molar-refractivity contribution in [3.05, 3.63) is 70.8 Å². The lowest BCUT2D eigenvalue weighted by molar-refractivity contribution is -0.119. The summed E-state index contributed by atoms with van der Waals surface area (Å²) in [7, 11) is 0. The van der Waals surface area contributed by atoms with Crippen LogP contribution in [0.15, 0.2) is 48.5 Å². The van der Waals surface area contributed by atoms with Crippen molar-refractivity contribution in [2.24, 2.45) is 0 Å². The lowest BCUT2D eigenvalue weighted by Gasteiger charge is -2.12. The van der Waals surface area contributed by atoms with E-state index in [1.165, 1.54) is 13.8 Å². The molecule has 8 nitrogen and oxygen atoms in total. The van der Waals surface area contributed by atoms with E-state index < -0.39 is 11.9 Å². The summed E-state index contributed by atoms with van der Waals surface area (Å²) >= 11 is 0. The first kappa shape index (κ1) is 28.4. The first-order valence-corrected chi connectivity index (χ1v) is 11.2. The van der Waals surface area contributed by atoms with Crippen molar-refractivity contribution in [3.63, 3.8) is 0 Å². The van der Waals surface area contributed by atoms with Gasteiger partial charge in [-0.1, -0.05) is 38.1 Å². The number of carbonyl (C=O) groups excluding carboxylic acids is 2. The second kappa shape index (κ2) is 14.5. The summed E-state index contributed by atoms with van der Waals surface area (Å²) in [5.74, 6) is -1.30. The van der Waals surface area contributed by atoms with E-state index >= 15 is 0 Å². The van der Waals surface area contributed by atoms with Crippen molar-refractivity contribution in [2.75, 3.05) is 13.1 Å². The molecule has 0 spiro atoms. The van der Waals surface area contributed by atoms with Crippen molar-refractivity contribution < 1.29 is 29.4 Å². The number of benzene rings is 2. The third-order valence-electron chi connectivity index (χ3n) is 5.36. The van der Waals surface area contributed by atoms with Gasteiger partial charge >= 0.3 is 11.9 Å². The minimum Gasteiger partial charge on any atom is -0.478 e. The highest BCUT2D eigenvalue weighted by molar-refractivity contribution is 5.88. The Morgan fingerprint density at radius 3 is 1.18 bits per heavy atom. The highest BCUT2D eigenvalue weighted by atomic mass is 16.4. The average Bonchev–Trinajstić information content (AvgIpc) is 2.79. The van der Waals surface area contributed by atoms with Crippen LogP contribution in [-0.2, 0) is 9.59 Å². The number of hydrogen-bond donors (Lipinski definition) is 4. The summed E-state index contributed by atoms with van der Waals surface area (Å²) in [6.07, 6.45) is 1.68. The van der Waals surface area contributed by atoms with Crippen molar-refractivity contribution in [2.45, 2.75) is 52.4 Å². The molecule has 2 aromatic carbocycles. The molecule has 2 unspecified atom stereocenters. The Kier molecular flexibility index (Phi) is 12.1. The van der Waals surface area contributed by atoms with Gasteiger partial charge in [-0.3, -0.25) is 9.59 Å². The van der Waals surface area contributed by atoms with Gasteiger partial charge in [0.05, 0.1) is 11.1 Å². The Bertz CT molecular complexity index is 875. The predicted octanol–water partition coefficient (Wildman–Crippen LogP) is 4.03. The van der Waals surface area contributed by atoms with E-state index in [4.69, 9.17) is 10.2 Å². The summed E-state index contributed by atoms with van der Waals surface area (Å²) in [5, 5.41) is 23.0. The summed E-state index contributed by atoms with van der Waals surface area (Å²) in [6, 6.07) is 13.7. The molecule has 0 bridgehead atoms. The van der Waals surface area contributed by atoms with E-state index in [0.29, 0.717) is 36.1 Å². The van der Waals surface area contributed by atoms with Gasteiger partial charge in [0.1, 0.15) is 0 Å². The summed E-state index contributed by atoms with van der Waals surface area (Å²) in [6.45, 7) is 8.36. The zero-order chi connectivity index (χ0) is 25.7. The van der Waals surface area contributed by atoms with Crippen molar-refractivity contribution >= 4 is 23.8 Å². The summed E-state index contributed by atoms with van der Waals surface area (Å²) < 4.78 is 0. The van der Waals surface area contributed by atoms with Crippen LogP contribution in [0, 0.1) is 0 Å². The second-order valence-electron chi connectivity index (χ2n) is 8.20. The van der Waals surface area contributed by atoms with Crippen LogP contribution in [0.4, 0.5) is 0 Å². The maximum absolute atomic E-state index is 10.7. The fourth-order valence-corrected chi connectivity index (χ4v) is 3.17. The number of hydrogen-bond acceptors (Lipinski definition) is 4. The van der Waals surface area contributed by atoms with Crippen LogP contribution >= 0.6 is 0 Å². The number of carboxylic acid groups (broad SMARTS) is 2. The van der Waals surface area contributed by atoms with E-state index in [2.05, 4.69) is 24.5 Å². The molecule has 184 valence electrons. The standard InChI is InChI=1S/2C13H17NO3/c2*1-9(7-8-14-10(2)15)11-3-5-12(6-4-11)13(16)17/h2*3-6,9H,7-8H2,1-2H3,(H,14,15)(H,16,17). The van der Waals surface area contributed by atoms with E-state index in [0.717, 1.165) is 24.0 Å². The maximum Gasteiger partial charge on any atom is 0.335 e. The molecule has 0 aliphatic carbocycles. The van der Waals surface area contributed by atoms with Gasteiger partial charge in [-0.15, -0.1) is 0 Å². The fraction of sp³-hybridized carbons (Fsp3) is 0.385. The van der Waals surface area contributed by atoms with E-state index in [9.17, 15) is 19.2 Å². The van der Waals surface area contributed by atoms with Crippen LogP contribution in [0.3, 0.4) is 0 Å². The van der Waals surface area contributed by atoms with Crippen LogP contribution in [0.1, 0.15) is 84.2 Å². The Labute approximate surface area is 200 Å². The molecule has 2 rings (SSSR count). The third kappa shape index (κ3) is 10.8. The topological polar surface area (TPSA) is 133 Å². The van der Waals surface area contributed by atoms with Gasteiger partial charge in [-0.05, 0) is 60.1 Å². The number of aromatic carboxylic acids is 2. The molecule has 0 saturated heterocycles. The number of carbonyl (C=O) groups is 4. The number of nitrogens with one attached hydrogen (secondary N) is 2. The summed E-state index contributed by atoms with van der Waals surface area (Å²) in [4.78, 5) is 42.8. The molecule has 0 radical (unpaired) electrons. The smallest absolute Gasteiger partial charge is 0.335 e. The van der Waals surface area contributed by atoms with E-state index in [1.807, 2.05) is 24.3 Å². The van der Waals surface area contributed by atoms with E-state index in [-0.39, 0.29) is 11.8 Å². The molecule has 2 atom stereocenters. The van der Waals surface area contributed by atoms with Crippen molar-refractivity contribution in [1.29, 1.82) is 0 Å². The maximum atomic E-state index is 10.7. The third-order valence-corrected chi connectivity index (χ3v) is 5.36. The largest absolute Gasteiger partial charge is 0.478 e. The molecule has 2 amide bonds. The Morgan fingerprint density at radius 1 is 0.647 bits per heavy atom. The molecule has 0 saturated carbocycles. The van der Waals surface area contributed by atoms with Crippen LogP contribution in [-0.4, -0.2) is 47.1 Å². The SMILES string of the molecule is CC(=O)NCCC(C)c1ccc(C(=O)O)cc1.CC(=O)NCCC(C)c1ccc(C(=O)O)cc1. The molecule has 4 N–H and O–H groups in total. The zero-order valence-electron chi connectivity index (χ0n) is 20.1. The molecule has 0 aromatic heterocycles. The minimum atomic E-state index is -0.914. The molecule has 2 aromatic rings. The van der Waals surface area contributed by atoms with Crippen molar-refractivity contribution in [1.82, 2.24) is 10.6 Å². The highest BCUT2D eigenvalue weighted by Gasteiger charge is 2.08. The van der Waals surface area contributed by atoms with Gasteiger partial charge in [0, 0.05) is 26.9 Å². The van der Waals surface area contributed by atoms with Crippen molar-refractivity contribution in [3.8, 4) is 0 Å². The predicted molar refractivity (Wildman–Crippen MR) is 130 cm³/mol. The Balaban J connectivity index is 0.000000340. The summed E-state index contributed by atoms with van der Waals surface area (Å²) in [5.41, 5.74) is 2.76. The average molecular weight is 471 g/mol. The van der Waals surface area contributed by atoms with Crippen LogP contribution in [0.25, 0.3) is 0 Å². The lowest BCUT2D eigenvalue weighted by Crippen LogP contribution is -2.22. The normalized spacial score (nSPS) is 11.9. The molecular formula is C26H34N2O6. The molecule has 0 heterocycles. The quantitative estimate of drug-likeness (QED) is 0.414. The monoisotopic (exact) mass is 470 g/mol. The number of amides is 2. The Morgan fingerprint density at radius 2 is 0.941 bits per heavy atom. The first-order valence-electron chi connectivity index (χ1n) is 11.2. The highest BCUT2D eigenvalue weighted by Crippen LogP contribution is 2.19. The van der Waals surface area contributed by atoms with Gasteiger partial charge in [-0.2, -0.15) is 0 Å². The lowest BCUT2D eigenvalue weighted by atomic mass is 9.97. The number of carboxylic acids is 2. The van der Waals surface area contributed by atoms with Gasteiger partial charge in [-0.25, -0.2) is 9.59 Å². The molecule has 34 heavy (non-hydrogen) atoms. The van der Waals surface area contributed by atoms with Gasteiger partial charge in [0.15, 0.2) is 0 Å². The molecule has 0 aliphatic heterocycles. The van der Waals surface area contributed by atoms with Gasteiger partial charge in [0.2, 0.25) is 11.8 Å².